The van der Waals surface area contributed by atoms with Gasteiger partial charge in [-0.15, -0.1) is 0 Å². The molecule has 36 heavy (non-hydrogen) atoms. The molecule has 1 amide bonds. The fourth-order valence-electron chi connectivity index (χ4n) is 4.37. The van der Waals surface area contributed by atoms with E-state index in [0.29, 0.717) is 28.0 Å². The first kappa shape index (κ1) is 25.2. The van der Waals surface area contributed by atoms with Crippen molar-refractivity contribution >= 4 is 12.1 Å². The Bertz CT molecular complexity index is 1260. The van der Waals surface area contributed by atoms with Crippen molar-refractivity contribution in [2.45, 2.75) is 32.9 Å². The van der Waals surface area contributed by atoms with Crippen LogP contribution in [0, 0.1) is 11.6 Å². The summed E-state index contributed by atoms with van der Waals surface area (Å²) < 4.78 is 46.0. The predicted molar refractivity (Wildman–Crippen MR) is 129 cm³/mol. The van der Waals surface area contributed by atoms with Gasteiger partial charge in [0.05, 0.1) is 26.7 Å². The van der Waals surface area contributed by atoms with Crippen molar-refractivity contribution in [2.75, 3.05) is 20.3 Å². The Morgan fingerprint density at radius 3 is 2.44 bits per heavy atom. The van der Waals surface area contributed by atoms with Gasteiger partial charge in [-0.25, -0.2) is 13.6 Å². The number of nitrogens with zero attached hydrogens (tertiary/aromatic N) is 1. The molecule has 6 nitrogen and oxygen atoms in total. The summed E-state index contributed by atoms with van der Waals surface area (Å²) >= 11 is 0. The molecule has 188 valence electrons. The van der Waals surface area contributed by atoms with Crippen LogP contribution in [0.1, 0.15) is 29.2 Å². The predicted octanol–water partition coefficient (Wildman–Crippen LogP) is 5.44. The van der Waals surface area contributed by atoms with Gasteiger partial charge in [-0.3, -0.25) is 4.79 Å². The monoisotopic (exact) mass is 495 g/mol. The summed E-state index contributed by atoms with van der Waals surface area (Å²) in [5.74, 6) is -1.50. The Morgan fingerprint density at radius 1 is 0.944 bits per heavy atom. The highest BCUT2D eigenvalue weighted by atomic mass is 19.1. The van der Waals surface area contributed by atoms with E-state index in [0.717, 1.165) is 11.6 Å². The number of carbonyl (C=O) groups excluding carboxylic acids is 2. The number of esters is 1. The zero-order chi connectivity index (χ0) is 25.7. The highest BCUT2D eigenvalue weighted by Crippen LogP contribution is 2.39. The fraction of sp³-hybridized carbons (Fsp3) is 0.286. The number of hydrogen-bond donors (Lipinski definition) is 0. The summed E-state index contributed by atoms with van der Waals surface area (Å²) in [6.07, 6.45) is -0.365. The molecule has 4 rings (SSSR count). The Balaban J connectivity index is 1.67. The zero-order valence-electron chi connectivity index (χ0n) is 20.2. The number of hydrogen-bond acceptors (Lipinski definition) is 5. The number of benzene rings is 3. The van der Waals surface area contributed by atoms with E-state index in [2.05, 4.69) is 0 Å². The minimum atomic E-state index is -0.780. The number of rotatable bonds is 7. The molecule has 0 atom stereocenters. The van der Waals surface area contributed by atoms with E-state index in [-0.39, 0.29) is 44.7 Å². The smallest absolute Gasteiger partial charge is 0.410 e. The van der Waals surface area contributed by atoms with Gasteiger partial charge in [0.25, 0.3) is 0 Å². The first-order valence-electron chi connectivity index (χ1n) is 11.7. The van der Waals surface area contributed by atoms with Gasteiger partial charge in [0.15, 0.2) is 0 Å². The van der Waals surface area contributed by atoms with Crippen LogP contribution >= 0.6 is 0 Å². The largest absolute Gasteiger partial charge is 0.496 e. The molecule has 0 saturated carbocycles. The van der Waals surface area contributed by atoms with Crippen molar-refractivity contribution in [3.8, 4) is 16.9 Å². The molecular weight excluding hydrogens is 468 g/mol. The quantitative estimate of drug-likeness (QED) is 0.409. The zero-order valence-corrected chi connectivity index (χ0v) is 20.2. The van der Waals surface area contributed by atoms with E-state index < -0.39 is 23.7 Å². The molecule has 1 aliphatic rings. The van der Waals surface area contributed by atoms with Crippen molar-refractivity contribution in [3.05, 3.63) is 88.5 Å². The average molecular weight is 496 g/mol. The van der Waals surface area contributed by atoms with E-state index >= 15 is 4.39 Å². The molecule has 0 bridgehead atoms. The van der Waals surface area contributed by atoms with Crippen LogP contribution < -0.4 is 4.74 Å². The van der Waals surface area contributed by atoms with Crippen LogP contribution in [0.15, 0.2) is 54.6 Å². The lowest BCUT2D eigenvalue weighted by Gasteiger charge is -2.30. The number of halogens is 2. The number of fused-ring (bicyclic) bond motifs is 1. The second-order valence-corrected chi connectivity index (χ2v) is 8.40. The van der Waals surface area contributed by atoms with Crippen molar-refractivity contribution in [3.63, 3.8) is 0 Å². The van der Waals surface area contributed by atoms with E-state index in [1.807, 2.05) is 30.3 Å². The summed E-state index contributed by atoms with van der Waals surface area (Å²) in [6, 6.07) is 15.1. The van der Waals surface area contributed by atoms with E-state index in [1.165, 1.54) is 12.0 Å². The topological polar surface area (TPSA) is 65.1 Å². The van der Waals surface area contributed by atoms with E-state index in [1.54, 1.807) is 25.1 Å². The van der Waals surface area contributed by atoms with Gasteiger partial charge in [-0.05, 0) is 47.7 Å². The van der Waals surface area contributed by atoms with Crippen LogP contribution in [0.2, 0.25) is 0 Å². The number of methoxy groups -OCH3 is 1. The molecule has 8 heteroatoms. The normalized spacial score (nSPS) is 12.6. The van der Waals surface area contributed by atoms with Crippen LogP contribution in [0.4, 0.5) is 13.6 Å². The molecule has 0 spiro atoms. The van der Waals surface area contributed by atoms with Gasteiger partial charge >= 0.3 is 12.1 Å². The lowest BCUT2D eigenvalue weighted by atomic mass is 9.89. The minimum Gasteiger partial charge on any atom is -0.496 e. The Morgan fingerprint density at radius 2 is 1.72 bits per heavy atom. The van der Waals surface area contributed by atoms with Crippen LogP contribution in [-0.4, -0.2) is 37.2 Å². The van der Waals surface area contributed by atoms with Crippen LogP contribution in [-0.2, 0) is 40.3 Å². The number of amides is 1. The molecule has 0 radical (unpaired) electrons. The molecule has 0 fully saturated rings. The molecule has 0 aliphatic carbocycles. The molecule has 1 heterocycles. The summed E-state index contributed by atoms with van der Waals surface area (Å²) in [5.41, 5.74) is 2.63. The fourth-order valence-corrected chi connectivity index (χ4v) is 4.37. The highest BCUT2D eigenvalue weighted by molar-refractivity contribution is 5.79. The van der Waals surface area contributed by atoms with Gasteiger partial charge in [0.1, 0.15) is 24.0 Å². The van der Waals surface area contributed by atoms with Crippen LogP contribution in [0.3, 0.4) is 0 Å². The molecular formula is C28H27F2NO5. The molecule has 3 aromatic carbocycles. The molecule has 0 saturated heterocycles. The van der Waals surface area contributed by atoms with Gasteiger partial charge in [-0.2, -0.15) is 0 Å². The molecule has 0 N–H and O–H groups in total. The second-order valence-electron chi connectivity index (χ2n) is 8.40. The maximum atomic E-state index is 15.3. The molecule has 1 aliphatic heterocycles. The summed E-state index contributed by atoms with van der Waals surface area (Å²) in [6.45, 7) is 2.27. The minimum absolute atomic E-state index is 0.00618. The first-order chi connectivity index (χ1) is 17.4. The molecule has 0 aromatic heterocycles. The molecule has 0 unspecified atom stereocenters. The van der Waals surface area contributed by atoms with Crippen molar-refractivity contribution in [1.82, 2.24) is 4.90 Å². The third kappa shape index (κ3) is 5.48. The highest BCUT2D eigenvalue weighted by Gasteiger charge is 2.30. The average Bonchev–Trinajstić information content (AvgIpc) is 2.88. The Hall–Kier alpha value is -3.94. The third-order valence-electron chi connectivity index (χ3n) is 6.08. The summed E-state index contributed by atoms with van der Waals surface area (Å²) in [5, 5.41) is 0. The summed E-state index contributed by atoms with van der Waals surface area (Å²) in [4.78, 5) is 26.2. The van der Waals surface area contributed by atoms with Gasteiger partial charge in [-0.1, -0.05) is 36.4 Å². The second kappa shape index (κ2) is 11.2. The van der Waals surface area contributed by atoms with E-state index in [4.69, 9.17) is 14.2 Å². The lowest BCUT2D eigenvalue weighted by molar-refractivity contribution is -0.142. The van der Waals surface area contributed by atoms with Crippen molar-refractivity contribution < 1.29 is 32.6 Å². The van der Waals surface area contributed by atoms with Crippen molar-refractivity contribution in [1.29, 1.82) is 0 Å². The van der Waals surface area contributed by atoms with Gasteiger partial charge < -0.3 is 19.1 Å². The van der Waals surface area contributed by atoms with Crippen LogP contribution in [0.5, 0.6) is 5.75 Å². The first-order valence-corrected chi connectivity index (χ1v) is 11.7. The van der Waals surface area contributed by atoms with Gasteiger partial charge in [0, 0.05) is 23.7 Å². The van der Waals surface area contributed by atoms with Crippen molar-refractivity contribution in [2.24, 2.45) is 0 Å². The lowest BCUT2D eigenvalue weighted by Crippen LogP contribution is -2.37. The maximum Gasteiger partial charge on any atom is 0.410 e. The van der Waals surface area contributed by atoms with E-state index in [9.17, 15) is 14.0 Å². The Labute approximate surface area is 208 Å². The van der Waals surface area contributed by atoms with Gasteiger partial charge in [0.2, 0.25) is 0 Å². The number of ether oxygens (including phenoxy) is 3. The molecule has 3 aromatic rings. The standard InChI is InChI=1S/C28H27F2NO5/c1-3-35-26(32)14-19-9-10-25(34-2)21(13-19)27-22-16-31(12-11-20(22)23(29)15-24(27)30)28(33)36-17-18-7-5-4-6-8-18/h4-10,13,15H,3,11-12,14,16-17H2,1-2H3. The Kier molecular flexibility index (Phi) is 7.83. The van der Waals surface area contributed by atoms with Crippen LogP contribution in [0.25, 0.3) is 11.1 Å². The summed E-state index contributed by atoms with van der Waals surface area (Å²) in [7, 11) is 1.45. The third-order valence-corrected chi connectivity index (χ3v) is 6.08. The maximum absolute atomic E-state index is 15.3. The SMILES string of the molecule is CCOC(=O)Cc1ccc(OC)c(-c2c(F)cc(F)c3c2CN(C(=O)OCc2ccccc2)CC3)c1. The number of carbonyl (C=O) groups is 2.